The maximum atomic E-state index is 12.5. The summed E-state index contributed by atoms with van der Waals surface area (Å²) in [7, 11) is 1.83. The summed E-state index contributed by atoms with van der Waals surface area (Å²) in [6.07, 6.45) is 5.17. The minimum atomic E-state index is -0.701. The van der Waals surface area contributed by atoms with Crippen molar-refractivity contribution in [2.75, 3.05) is 7.05 Å². The first-order valence-corrected chi connectivity index (χ1v) is 9.74. The molecule has 0 heterocycles. The van der Waals surface area contributed by atoms with Crippen LogP contribution in [0.4, 0.5) is 0 Å². The van der Waals surface area contributed by atoms with Crippen LogP contribution in [-0.4, -0.2) is 35.9 Å². The van der Waals surface area contributed by atoms with Crippen LogP contribution in [0, 0.1) is 0 Å². The highest BCUT2D eigenvalue weighted by atomic mass is 16.7. The van der Waals surface area contributed by atoms with Gasteiger partial charge < -0.3 is 4.90 Å². The molecule has 3 rings (SSSR count). The fourth-order valence-corrected chi connectivity index (χ4v) is 3.80. The molecule has 2 aromatic carbocycles. The van der Waals surface area contributed by atoms with E-state index in [2.05, 4.69) is 5.48 Å². The molecule has 0 spiro atoms. The first-order chi connectivity index (χ1) is 13.1. The first kappa shape index (κ1) is 19.4. The van der Waals surface area contributed by atoms with Crippen molar-refractivity contribution in [3.05, 3.63) is 48.0 Å². The topological polar surface area (TPSA) is 58.6 Å². The zero-order chi connectivity index (χ0) is 19.2. The predicted octanol–water partition coefficient (Wildman–Crippen LogP) is 3.61. The van der Waals surface area contributed by atoms with E-state index in [4.69, 9.17) is 4.84 Å². The molecule has 2 amide bonds. The first-order valence-electron chi connectivity index (χ1n) is 9.74. The molecule has 2 aromatic rings. The Labute approximate surface area is 160 Å². The number of benzene rings is 2. The third kappa shape index (κ3) is 4.86. The molecule has 27 heavy (non-hydrogen) atoms. The molecule has 0 radical (unpaired) electrons. The van der Waals surface area contributed by atoms with Crippen molar-refractivity contribution >= 4 is 22.6 Å². The Bertz CT molecular complexity index is 794. The fraction of sp³-hybridized carbons (Fsp3) is 0.455. The van der Waals surface area contributed by atoms with Gasteiger partial charge in [-0.25, -0.2) is 5.48 Å². The summed E-state index contributed by atoms with van der Waals surface area (Å²) >= 11 is 0. The van der Waals surface area contributed by atoms with E-state index in [1.54, 1.807) is 11.8 Å². The Morgan fingerprint density at radius 2 is 1.81 bits per heavy atom. The molecule has 5 heteroatoms. The van der Waals surface area contributed by atoms with Crippen molar-refractivity contribution in [3.8, 4) is 0 Å². The number of nitrogens with zero attached hydrogens (tertiary/aromatic N) is 1. The van der Waals surface area contributed by atoms with Gasteiger partial charge >= 0.3 is 0 Å². The van der Waals surface area contributed by atoms with Gasteiger partial charge in [0.1, 0.15) is 0 Å². The molecule has 1 fully saturated rings. The lowest BCUT2D eigenvalue weighted by molar-refractivity contribution is -0.154. The predicted molar refractivity (Wildman–Crippen MR) is 106 cm³/mol. The van der Waals surface area contributed by atoms with E-state index in [0.29, 0.717) is 0 Å². The van der Waals surface area contributed by atoms with Gasteiger partial charge in [-0.1, -0.05) is 61.7 Å². The lowest BCUT2D eigenvalue weighted by atomic mass is 9.94. The summed E-state index contributed by atoms with van der Waals surface area (Å²) in [4.78, 5) is 32.0. The van der Waals surface area contributed by atoms with Gasteiger partial charge in [0, 0.05) is 13.1 Å². The molecule has 0 saturated heterocycles. The Morgan fingerprint density at radius 3 is 2.59 bits per heavy atom. The molecular formula is C22H28N2O3. The second-order valence-corrected chi connectivity index (χ2v) is 7.34. The monoisotopic (exact) mass is 368 g/mol. The average Bonchev–Trinajstić information content (AvgIpc) is 2.72. The molecule has 1 aliphatic carbocycles. The number of carbonyl (C=O) groups excluding carboxylic acids is 2. The number of hydrogen-bond donors (Lipinski definition) is 1. The smallest absolute Gasteiger partial charge is 0.254 e. The molecule has 1 N–H and O–H groups in total. The van der Waals surface area contributed by atoms with Crippen molar-refractivity contribution < 1.29 is 14.4 Å². The van der Waals surface area contributed by atoms with Crippen LogP contribution in [0.25, 0.3) is 10.8 Å². The summed E-state index contributed by atoms with van der Waals surface area (Å²) in [6.45, 7) is 1.68. The number of hydroxylamine groups is 1. The Morgan fingerprint density at radius 1 is 1.11 bits per heavy atom. The van der Waals surface area contributed by atoms with E-state index in [0.717, 1.165) is 29.2 Å². The van der Waals surface area contributed by atoms with Crippen LogP contribution in [0.1, 0.15) is 44.6 Å². The molecule has 0 aromatic heterocycles. The minimum Gasteiger partial charge on any atom is -0.340 e. The van der Waals surface area contributed by atoms with Crippen molar-refractivity contribution in [1.29, 1.82) is 0 Å². The summed E-state index contributed by atoms with van der Waals surface area (Å²) < 4.78 is 0. The van der Waals surface area contributed by atoms with Gasteiger partial charge in [0.15, 0.2) is 6.10 Å². The lowest BCUT2D eigenvalue weighted by Crippen LogP contribution is -2.45. The standard InChI is InChI=1S/C22H28N2O3/c1-16(22(26)24(2)19-12-4-3-5-13-19)27-23-21(25)15-18-11-8-10-17-9-6-7-14-20(17)18/h6-11,14,16,19H,3-5,12-13,15H2,1-2H3,(H,23,25). The number of nitrogens with one attached hydrogen (secondary N) is 1. The van der Waals surface area contributed by atoms with Crippen molar-refractivity contribution in [3.63, 3.8) is 0 Å². The lowest BCUT2D eigenvalue weighted by Gasteiger charge is -2.32. The summed E-state index contributed by atoms with van der Waals surface area (Å²) in [5.41, 5.74) is 3.39. The van der Waals surface area contributed by atoms with Gasteiger partial charge in [0.05, 0.1) is 6.42 Å². The second kappa shape index (κ2) is 9.00. The van der Waals surface area contributed by atoms with Gasteiger partial charge in [0.25, 0.3) is 5.91 Å². The Kier molecular flexibility index (Phi) is 6.45. The molecule has 1 saturated carbocycles. The SMILES string of the molecule is CC(ONC(=O)Cc1cccc2ccccc12)C(=O)N(C)C1CCCCC1. The van der Waals surface area contributed by atoms with Crippen LogP contribution in [-0.2, 0) is 20.8 Å². The number of amides is 2. The van der Waals surface area contributed by atoms with E-state index in [9.17, 15) is 9.59 Å². The van der Waals surface area contributed by atoms with Crippen LogP contribution in [0.5, 0.6) is 0 Å². The second-order valence-electron chi connectivity index (χ2n) is 7.34. The molecule has 0 aliphatic heterocycles. The molecule has 5 nitrogen and oxygen atoms in total. The van der Waals surface area contributed by atoms with E-state index >= 15 is 0 Å². The summed E-state index contributed by atoms with van der Waals surface area (Å²) in [5, 5.41) is 2.15. The average molecular weight is 368 g/mol. The van der Waals surface area contributed by atoms with E-state index < -0.39 is 6.10 Å². The normalized spacial score (nSPS) is 16.1. The third-order valence-electron chi connectivity index (χ3n) is 5.40. The van der Waals surface area contributed by atoms with Crippen LogP contribution in [0.15, 0.2) is 42.5 Å². The van der Waals surface area contributed by atoms with Gasteiger partial charge in [-0.05, 0) is 36.1 Å². The van der Waals surface area contributed by atoms with Crippen molar-refractivity contribution in [2.45, 2.75) is 57.6 Å². The number of carbonyl (C=O) groups is 2. The number of likely N-dealkylation sites (N-methyl/N-ethyl adjacent to an activating group) is 1. The Hall–Kier alpha value is -2.40. The van der Waals surface area contributed by atoms with Gasteiger partial charge in [-0.15, -0.1) is 0 Å². The zero-order valence-corrected chi connectivity index (χ0v) is 16.1. The van der Waals surface area contributed by atoms with Gasteiger partial charge in [0.2, 0.25) is 5.91 Å². The van der Waals surface area contributed by atoms with Crippen LogP contribution in [0.3, 0.4) is 0 Å². The highest BCUT2D eigenvalue weighted by Gasteiger charge is 2.26. The fourth-order valence-electron chi connectivity index (χ4n) is 3.80. The maximum absolute atomic E-state index is 12.5. The Balaban J connectivity index is 1.52. The molecule has 1 unspecified atom stereocenters. The van der Waals surface area contributed by atoms with E-state index in [1.807, 2.05) is 49.5 Å². The highest BCUT2D eigenvalue weighted by molar-refractivity contribution is 5.90. The largest absolute Gasteiger partial charge is 0.340 e. The summed E-state index contributed by atoms with van der Waals surface area (Å²) in [5.74, 6) is -0.348. The quantitative estimate of drug-likeness (QED) is 0.793. The van der Waals surface area contributed by atoms with Crippen molar-refractivity contribution in [1.82, 2.24) is 10.4 Å². The molecule has 0 bridgehead atoms. The third-order valence-corrected chi connectivity index (χ3v) is 5.40. The van der Waals surface area contributed by atoms with Gasteiger partial charge in [-0.2, -0.15) is 0 Å². The van der Waals surface area contributed by atoms with Crippen LogP contribution in [0.2, 0.25) is 0 Å². The number of rotatable bonds is 6. The van der Waals surface area contributed by atoms with Gasteiger partial charge in [-0.3, -0.25) is 14.4 Å². The molecular weight excluding hydrogens is 340 g/mol. The maximum Gasteiger partial charge on any atom is 0.254 e. The van der Waals surface area contributed by atoms with E-state index in [1.165, 1.54) is 19.3 Å². The highest BCUT2D eigenvalue weighted by Crippen LogP contribution is 2.22. The van der Waals surface area contributed by atoms with Crippen molar-refractivity contribution in [2.24, 2.45) is 0 Å². The van der Waals surface area contributed by atoms with Crippen LogP contribution < -0.4 is 5.48 Å². The molecule has 1 aliphatic rings. The summed E-state index contributed by atoms with van der Waals surface area (Å²) in [6, 6.07) is 14.1. The minimum absolute atomic E-state index is 0.0904. The zero-order valence-electron chi connectivity index (χ0n) is 16.1. The molecule has 144 valence electrons. The number of hydrogen-bond acceptors (Lipinski definition) is 3. The molecule has 1 atom stereocenters. The van der Waals surface area contributed by atoms with Crippen LogP contribution >= 0.6 is 0 Å². The van der Waals surface area contributed by atoms with E-state index in [-0.39, 0.29) is 24.3 Å². The number of fused-ring (bicyclic) bond motifs is 1.